The highest BCUT2D eigenvalue weighted by Gasteiger charge is 2.25. The smallest absolute Gasteiger partial charge is 0.251 e. The van der Waals surface area contributed by atoms with Gasteiger partial charge in [-0.1, -0.05) is 17.7 Å². The van der Waals surface area contributed by atoms with Crippen molar-refractivity contribution in [3.05, 3.63) is 46.5 Å². The van der Waals surface area contributed by atoms with Crippen LogP contribution in [0.4, 0.5) is 0 Å². The molecule has 9 heteroatoms. The van der Waals surface area contributed by atoms with E-state index < -0.39 is 0 Å². The molecule has 2 aromatic carbocycles. The molecule has 2 aromatic rings. The fourth-order valence-corrected chi connectivity index (χ4v) is 4.04. The Morgan fingerprint density at radius 3 is 2.31 bits per heavy atom. The number of carbonyl (C=O) groups is 1. The lowest BCUT2D eigenvalue weighted by molar-refractivity contribution is 0.0162. The minimum Gasteiger partial charge on any atom is -0.493 e. The number of hydrogen-bond donors (Lipinski definition) is 1. The van der Waals surface area contributed by atoms with E-state index in [0.29, 0.717) is 53.3 Å². The van der Waals surface area contributed by atoms with Crippen LogP contribution in [0.3, 0.4) is 0 Å². The zero-order chi connectivity index (χ0) is 23.1. The predicted octanol–water partition coefficient (Wildman–Crippen LogP) is 3.18. The molecule has 1 fully saturated rings. The maximum absolute atomic E-state index is 13.0. The Hall–Kier alpha value is -2.68. The number of benzene rings is 2. The Labute approximate surface area is 193 Å². The second kappa shape index (κ2) is 11.3. The first kappa shape index (κ1) is 24.0. The highest BCUT2D eigenvalue weighted by atomic mass is 35.5. The van der Waals surface area contributed by atoms with E-state index in [1.165, 1.54) is 14.2 Å². The van der Waals surface area contributed by atoms with Gasteiger partial charge in [0.25, 0.3) is 5.91 Å². The molecule has 3 rings (SSSR count). The number of nitrogens with one attached hydrogen (secondary N) is 1. The van der Waals surface area contributed by atoms with Gasteiger partial charge in [-0.25, -0.2) is 0 Å². The van der Waals surface area contributed by atoms with E-state index in [1.54, 1.807) is 26.4 Å². The number of amides is 1. The first-order chi connectivity index (χ1) is 15.5. The summed E-state index contributed by atoms with van der Waals surface area (Å²) < 4.78 is 26.9. The van der Waals surface area contributed by atoms with Crippen LogP contribution in [0.25, 0.3) is 0 Å². The van der Waals surface area contributed by atoms with Gasteiger partial charge >= 0.3 is 0 Å². The average molecular weight is 465 g/mol. The lowest BCUT2D eigenvalue weighted by Crippen LogP contribution is -2.43. The van der Waals surface area contributed by atoms with Gasteiger partial charge in [0.05, 0.1) is 52.7 Å². The summed E-state index contributed by atoms with van der Waals surface area (Å²) in [5.74, 6) is 1.82. The normalized spacial score (nSPS) is 15.0. The molecule has 0 radical (unpaired) electrons. The van der Waals surface area contributed by atoms with Gasteiger partial charge in [-0.05, 0) is 29.8 Å². The lowest BCUT2D eigenvalue weighted by atomic mass is 10.0. The van der Waals surface area contributed by atoms with E-state index >= 15 is 0 Å². The minimum absolute atomic E-state index is 0.0710. The summed E-state index contributed by atoms with van der Waals surface area (Å²) in [6.45, 7) is 3.19. The van der Waals surface area contributed by atoms with Gasteiger partial charge in [0.2, 0.25) is 0 Å². The molecule has 1 amide bonds. The van der Waals surface area contributed by atoms with Crippen molar-refractivity contribution in [2.75, 3.05) is 61.3 Å². The van der Waals surface area contributed by atoms with Gasteiger partial charge in [0, 0.05) is 25.2 Å². The molecule has 0 aromatic heterocycles. The van der Waals surface area contributed by atoms with Crippen LogP contribution in [0.5, 0.6) is 23.0 Å². The number of morpholine rings is 1. The first-order valence-electron chi connectivity index (χ1n) is 10.3. The van der Waals surface area contributed by atoms with E-state index in [2.05, 4.69) is 10.2 Å². The first-order valence-corrected chi connectivity index (χ1v) is 10.6. The molecular formula is C23H29ClN2O6. The fourth-order valence-electron chi connectivity index (χ4n) is 3.75. The Bertz CT molecular complexity index is 933. The topological polar surface area (TPSA) is 78.5 Å². The van der Waals surface area contributed by atoms with Crippen molar-refractivity contribution in [3.8, 4) is 23.0 Å². The third-order valence-electron chi connectivity index (χ3n) is 5.43. The number of rotatable bonds is 9. The lowest BCUT2D eigenvalue weighted by Gasteiger charge is -2.35. The van der Waals surface area contributed by atoms with Crippen molar-refractivity contribution in [2.45, 2.75) is 6.04 Å². The highest BCUT2D eigenvalue weighted by Crippen LogP contribution is 2.36. The van der Waals surface area contributed by atoms with Gasteiger partial charge in [0.15, 0.2) is 23.0 Å². The van der Waals surface area contributed by atoms with E-state index in [0.717, 1.165) is 18.7 Å². The Morgan fingerprint density at radius 2 is 1.69 bits per heavy atom. The van der Waals surface area contributed by atoms with Crippen molar-refractivity contribution < 1.29 is 28.5 Å². The summed E-state index contributed by atoms with van der Waals surface area (Å²) in [6.07, 6.45) is 0. The third kappa shape index (κ3) is 5.38. The molecule has 1 heterocycles. The summed E-state index contributed by atoms with van der Waals surface area (Å²) >= 11 is 6.27. The van der Waals surface area contributed by atoms with Crippen molar-refractivity contribution >= 4 is 17.5 Å². The molecule has 32 heavy (non-hydrogen) atoms. The van der Waals surface area contributed by atoms with Crippen molar-refractivity contribution in [1.82, 2.24) is 10.2 Å². The van der Waals surface area contributed by atoms with Crippen LogP contribution >= 0.6 is 11.6 Å². The molecule has 1 atom stereocenters. The quantitative estimate of drug-likeness (QED) is 0.610. The van der Waals surface area contributed by atoms with Gasteiger partial charge in [-0.2, -0.15) is 0 Å². The number of hydrogen-bond acceptors (Lipinski definition) is 7. The van der Waals surface area contributed by atoms with Crippen LogP contribution in [-0.2, 0) is 4.74 Å². The number of methoxy groups -OCH3 is 4. The molecule has 1 aliphatic heterocycles. The molecule has 1 unspecified atom stereocenters. The molecule has 0 spiro atoms. The third-order valence-corrected chi connectivity index (χ3v) is 5.71. The molecule has 0 saturated carbocycles. The molecular weight excluding hydrogens is 436 g/mol. The SMILES string of the molecule is COc1ccc(C(CNC(=O)c2cc(Cl)c(OC)c(OC)c2)N2CCOCC2)cc1OC. The number of ether oxygens (including phenoxy) is 5. The molecule has 1 saturated heterocycles. The van der Waals surface area contributed by atoms with E-state index in [9.17, 15) is 4.79 Å². The minimum atomic E-state index is -0.258. The number of carbonyl (C=O) groups excluding carboxylic acids is 1. The maximum Gasteiger partial charge on any atom is 0.251 e. The molecule has 174 valence electrons. The van der Waals surface area contributed by atoms with Crippen LogP contribution < -0.4 is 24.3 Å². The molecule has 1 N–H and O–H groups in total. The monoisotopic (exact) mass is 464 g/mol. The van der Waals surface area contributed by atoms with Crippen molar-refractivity contribution in [2.24, 2.45) is 0 Å². The van der Waals surface area contributed by atoms with E-state index in [1.807, 2.05) is 18.2 Å². The summed E-state index contributed by atoms with van der Waals surface area (Å²) in [7, 11) is 6.21. The van der Waals surface area contributed by atoms with Gasteiger partial charge in [0.1, 0.15) is 0 Å². The standard InChI is InChI=1S/C23H29ClN2O6/c1-28-19-6-5-15(12-20(19)29-2)18(26-7-9-32-10-8-26)14-25-23(27)16-11-17(24)22(31-4)21(13-16)30-3/h5-6,11-13,18H,7-10,14H2,1-4H3,(H,25,27). The molecule has 0 bridgehead atoms. The largest absolute Gasteiger partial charge is 0.493 e. The van der Waals surface area contributed by atoms with E-state index in [4.69, 9.17) is 35.3 Å². The zero-order valence-electron chi connectivity index (χ0n) is 18.8. The van der Waals surface area contributed by atoms with Crippen LogP contribution in [0.15, 0.2) is 30.3 Å². The second-order valence-electron chi connectivity index (χ2n) is 7.18. The Morgan fingerprint density at radius 1 is 1.00 bits per heavy atom. The average Bonchev–Trinajstić information content (AvgIpc) is 2.83. The van der Waals surface area contributed by atoms with Crippen LogP contribution in [0.1, 0.15) is 22.0 Å². The summed E-state index contributed by atoms with van der Waals surface area (Å²) in [5, 5.41) is 3.34. The van der Waals surface area contributed by atoms with Gasteiger partial charge in [-0.15, -0.1) is 0 Å². The van der Waals surface area contributed by atoms with Crippen LogP contribution in [-0.4, -0.2) is 72.1 Å². The summed E-state index contributed by atoms with van der Waals surface area (Å²) in [5.41, 5.74) is 1.40. The van der Waals surface area contributed by atoms with E-state index in [-0.39, 0.29) is 11.9 Å². The van der Waals surface area contributed by atoms with Gasteiger partial charge < -0.3 is 29.0 Å². The van der Waals surface area contributed by atoms with Crippen molar-refractivity contribution in [1.29, 1.82) is 0 Å². The Balaban J connectivity index is 1.83. The zero-order valence-corrected chi connectivity index (χ0v) is 19.5. The fraction of sp³-hybridized carbons (Fsp3) is 0.435. The van der Waals surface area contributed by atoms with Gasteiger partial charge in [-0.3, -0.25) is 9.69 Å². The van der Waals surface area contributed by atoms with Crippen LogP contribution in [0.2, 0.25) is 5.02 Å². The predicted molar refractivity (Wildman–Crippen MR) is 122 cm³/mol. The highest BCUT2D eigenvalue weighted by molar-refractivity contribution is 6.32. The molecule has 1 aliphatic rings. The second-order valence-corrected chi connectivity index (χ2v) is 7.59. The maximum atomic E-state index is 13.0. The number of halogens is 1. The number of nitrogens with zero attached hydrogens (tertiary/aromatic N) is 1. The van der Waals surface area contributed by atoms with Crippen molar-refractivity contribution in [3.63, 3.8) is 0 Å². The molecule has 0 aliphatic carbocycles. The Kier molecular flexibility index (Phi) is 8.44. The molecule has 8 nitrogen and oxygen atoms in total. The summed E-state index contributed by atoms with van der Waals surface area (Å²) in [6, 6.07) is 8.91. The summed E-state index contributed by atoms with van der Waals surface area (Å²) in [4.78, 5) is 15.2. The van der Waals surface area contributed by atoms with Crippen LogP contribution in [0, 0.1) is 0 Å².